The first-order valence-corrected chi connectivity index (χ1v) is 5.11. The molecule has 0 radical (unpaired) electrons. The van der Waals surface area contributed by atoms with Gasteiger partial charge in [-0.25, -0.2) is 0 Å². The smallest absolute Gasteiger partial charge is 0.311 e. The van der Waals surface area contributed by atoms with Crippen molar-refractivity contribution < 1.29 is 14.7 Å². The molecule has 0 fully saturated rings. The van der Waals surface area contributed by atoms with Gasteiger partial charge < -0.3 is 10.0 Å². The van der Waals surface area contributed by atoms with E-state index in [1.807, 2.05) is 19.1 Å². The van der Waals surface area contributed by atoms with E-state index in [4.69, 9.17) is 5.11 Å². The second-order valence-corrected chi connectivity index (χ2v) is 4.06. The maximum atomic E-state index is 11.7. The normalized spacial score (nSPS) is 19.5. The third-order valence-corrected chi connectivity index (χ3v) is 3.03. The maximum Gasteiger partial charge on any atom is 0.311 e. The van der Waals surface area contributed by atoms with Crippen molar-refractivity contribution in [3.63, 3.8) is 0 Å². The van der Waals surface area contributed by atoms with E-state index in [0.29, 0.717) is 0 Å². The predicted octanol–water partition coefficient (Wildman–Crippen LogP) is 1.53. The third-order valence-electron chi connectivity index (χ3n) is 3.03. The van der Waals surface area contributed by atoms with Crippen LogP contribution >= 0.6 is 0 Å². The molecule has 1 aromatic carbocycles. The van der Waals surface area contributed by atoms with Crippen molar-refractivity contribution in [1.82, 2.24) is 0 Å². The Hall–Kier alpha value is -1.84. The van der Waals surface area contributed by atoms with Crippen LogP contribution in [0.4, 0.5) is 5.69 Å². The van der Waals surface area contributed by atoms with Crippen molar-refractivity contribution in [2.75, 3.05) is 11.9 Å². The molecule has 0 bridgehead atoms. The van der Waals surface area contributed by atoms with Gasteiger partial charge in [-0.05, 0) is 18.1 Å². The maximum absolute atomic E-state index is 11.7. The minimum Gasteiger partial charge on any atom is -0.481 e. The summed E-state index contributed by atoms with van der Waals surface area (Å²) >= 11 is 0. The summed E-state index contributed by atoms with van der Waals surface area (Å²) in [5, 5.41) is 9.11. The van der Waals surface area contributed by atoms with Gasteiger partial charge in [-0.1, -0.05) is 18.2 Å². The summed E-state index contributed by atoms with van der Waals surface area (Å²) in [6, 6.07) is 5.49. The minimum atomic E-state index is -0.937. The first-order chi connectivity index (χ1) is 7.52. The monoisotopic (exact) mass is 219 g/mol. The van der Waals surface area contributed by atoms with Gasteiger partial charge in [0.15, 0.2) is 0 Å². The Labute approximate surface area is 93.5 Å². The number of aliphatic carboxylic acids is 1. The summed E-state index contributed by atoms with van der Waals surface area (Å²) in [5.41, 5.74) is 2.40. The van der Waals surface area contributed by atoms with Crippen molar-refractivity contribution in [3.05, 3.63) is 29.3 Å². The molecular weight excluding hydrogens is 206 g/mol. The lowest BCUT2D eigenvalue weighted by atomic mass is 9.88. The summed E-state index contributed by atoms with van der Waals surface area (Å²) < 4.78 is 0. The Kier molecular flexibility index (Phi) is 2.42. The third kappa shape index (κ3) is 1.46. The highest BCUT2D eigenvalue weighted by atomic mass is 16.4. The molecule has 0 saturated heterocycles. The average molecular weight is 219 g/mol. The zero-order valence-electron chi connectivity index (χ0n) is 9.23. The zero-order chi connectivity index (χ0) is 11.9. The molecule has 1 N–H and O–H groups in total. The van der Waals surface area contributed by atoms with Crippen LogP contribution in [0.3, 0.4) is 0 Å². The second kappa shape index (κ2) is 3.63. The number of benzene rings is 1. The molecule has 84 valence electrons. The molecule has 0 saturated carbocycles. The number of amides is 1. The van der Waals surface area contributed by atoms with E-state index in [2.05, 4.69) is 0 Å². The molecule has 1 aromatic rings. The molecule has 0 spiro atoms. The highest BCUT2D eigenvalue weighted by molar-refractivity contribution is 6.01. The van der Waals surface area contributed by atoms with Gasteiger partial charge >= 0.3 is 5.97 Å². The van der Waals surface area contributed by atoms with Gasteiger partial charge in [-0.2, -0.15) is 0 Å². The standard InChI is InChI=1S/C12H13NO3/c1-7-4-3-5-8-9(12(15)16)6-10(14)13(2)11(7)8/h3-5,9H,6H2,1-2H3,(H,15,16)/t9-/m0/s1. The highest BCUT2D eigenvalue weighted by Crippen LogP contribution is 2.37. The SMILES string of the molecule is Cc1cccc2c1N(C)C(=O)C[C@@H]2C(=O)O. The Morgan fingerprint density at radius 2 is 2.19 bits per heavy atom. The van der Waals surface area contributed by atoms with Crippen LogP contribution in [-0.4, -0.2) is 24.0 Å². The van der Waals surface area contributed by atoms with Crippen molar-refractivity contribution >= 4 is 17.6 Å². The number of carbonyl (C=O) groups excluding carboxylic acids is 1. The second-order valence-electron chi connectivity index (χ2n) is 4.06. The lowest BCUT2D eigenvalue weighted by Crippen LogP contribution is -2.36. The van der Waals surface area contributed by atoms with Crippen molar-refractivity contribution in [1.29, 1.82) is 0 Å². The molecule has 1 aliphatic rings. The van der Waals surface area contributed by atoms with Gasteiger partial charge in [0.2, 0.25) is 5.91 Å². The lowest BCUT2D eigenvalue weighted by molar-refractivity contribution is -0.140. The summed E-state index contributed by atoms with van der Waals surface area (Å²) in [5.74, 6) is -1.79. The fourth-order valence-corrected chi connectivity index (χ4v) is 2.19. The molecule has 4 heteroatoms. The van der Waals surface area contributed by atoms with Crippen LogP contribution in [0.5, 0.6) is 0 Å². The molecule has 16 heavy (non-hydrogen) atoms. The van der Waals surface area contributed by atoms with Crippen LogP contribution in [0.25, 0.3) is 0 Å². The Balaban J connectivity index is 2.62. The van der Waals surface area contributed by atoms with Crippen LogP contribution < -0.4 is 4.90 Å². The number of carbonyl (C=O) groups is 2. The topological polar surface area (TPSA) is 57.6 Å². The molecule has 1 amide bonds. The number of hydrogen-bond acceptors (Lipinski definition) is 2. The first-order valence-electron chi connectivity index (χ1n) is 5.11. The van der Waals surface area contributed by atoms with E-state index in [9.17, 15) is 9.59 Å². The van der Waals surface area contributed by atoms with E-state index in [0.717, 1.165) is 16.8 Å². The number of aryl methyl sites for hydroxylation is 1. The number of rotatable bonds is 1. The number of nitrogens with zero attached hydrogens (tertiary/aromatic N) is 1. The Morgan fingerprint density at radius 3 is 2.81 bits per heavy atom. The van der Waals surface area contributed by atoms with Crippen LogP contribution in [0.2, 0.25) is 0 Å². The van der Waals surface area contributed by atoms with Gasteiger partial charge in [-0.3, -0.25) is 9.59 Å². The van der Waals surface area contributed by atoms with Gasteiger partial charge in [-0.15, -0.1) is 0 Å². The van der Waals surface area contributed by atoms with Gasteiger partial charge in [0.25, 0.3) is 0 Å². The molecule has 1 aliphatic heterocycles. The largest absolute Gasteiger partial charge is 0.481 e. The van der Waals surface area contributed by atoms with Crippen molar-refractivity contribution in [3.8, 4) is 0 Å². The fraction of sp³-hybridized carbons (Fsp3) is 0.333. The molecule has 4 nitrogen and oxygen atoms in total. The number of hydrogen-bond donors (Lipinski definition) is 1. The predicted molar refractivity (Wildman–Crippen MR) is 59.6 cm³/mol. The quantitative estimate of drug-likeness (QED) is 0.779. The van der Waals surface area contributed by atoms with E-state index in [-0.39, 0.29) is 12.3 Å². The van der Waals surface area contributed by atoms with Crippen molar-refractivity contribution in [2.45, 2.75) is 19.3 Å². The number of carboxylic acid groups (broad SMARTS) is 1. The van der Waals surface area contributed by atoms with Crippen molar-refractivity contribution in [2.24, 2.45) is 0 Å². The number of anilines is 1. The number of para-hydroxylation sites is 1. The Bertz CT molecular complexity index is 467. The van der Waals surface area contributed by atoms with Gasteiger partial charge in [0.1, 0.15) is 0 Å². The van der Waals surface area contributed by atoms with E-state index >= 15 is 0 Å². The molecule has 0 aliphatic carbocycles. The number of carboxylic acids is 1. The lowest BCUT2D eigenvalue weighted by Gasteiger charge is -2.31. The van der Waals surface area contributed by atoms with Crippen LogP contribution in [-0.2, 0) is 9.59 Å². The first kappa shape index (κ1) is 10.7. The van der Waals surface area contributed by atoms with Crippen LogP contribution in [0.15, 0.2) is 18.2 Å². The highest BCUT2D eigenvalue weighted by Gasteiger charge is 2.34. The fourth-order valence-electron chi connectivity index (χ4n) is 2.19. The molecule has 0 unspecified atom stereocenters. The summed E-state index contributed by atoms with van der Waals surface area (Å²) in [6.07, 6.45) is 0.0439. The molecule has 0 aromatic heterocycles. The summed E-state index contributed by atoms with van der Waals surface area (Å²) in [6.45, 7) is 1.88. The number of fused-ring (bicyclic) bond motifs is 1. The van der Waals surface area contributed by atoms with Crippen LogP contribution in [0.1, 0.15) is 23.5 Å². The average Bonchev–Trinajstić information content (AvgIpc) is 2.22. The Morgan fingerprint density at radius 1 is 1.50 bits per heavy atom. The van der Waals surface area contributed by atoms with E-state index in [1.54, 1.807) is 18.0 Å². The molecular formula is C12H13NO3. The molecule has 2 rings (SSSR count). The minimum absolute atomic E-state index is 0.0439. The summed E-state index contributed by atoms with van der Waals surface area (Å²) in [7, 11) is 1.69. The molecule has 1 atom stereocenters. The summed E-state index contributed by atoms with van der Waals surface area (Å²) in [4.78, 5) is 24.3. The van der Waals surface area contributed by atoms with E-state index < -0.39 is 11.9 Å². The zero-order valence-corrected chi connectivity index (χ0v) is 9.23. The van der Waals surface area contributed by atoms with E-state index in [1.165, 1.54) is 0 Å². The van der Waals surface area contributed by atoms with Gasteiger partial charge in [0, 0.05) is 13.5 Å². The molecule has 1 heterocycles. The van der Waals surface area contributed by atoms with Crippen LogP contribution in [0, 0.1) is 6.92 Å². The van der Waals surface area contributed by atoms with Gasteiger partial charge in [0.05, 0.1) is 11.6 Å².